The lowest BCUT2D eigenvalue weighted by molar-refractivity contribution is 0.205. The molecule has 0 saturated heterocycles. The van der Waals surface area contributed by atoms with Gasteiger partial charge in [0.2, 0.25) is 5.75 Å². The van der Waals surface area contributed by atoms with Crippen LogP contribution in [-0.2, 0) is 0 Å². The molecule has 0 atom stereocenters. The van der Waals surface area contributed by atoms with Crippen LogP contribution >= 0.6 is 11.6 Å². The summed E-state index contributed by atoms with van der Waals surface area (Å²) in [6.07, 6.45) is 0. The molecule has 0 N–H and O–H groups in total. The molecule has 0 unspecified atom stereocenters. The Labute approximate surface area is 135 Å². The highest BCUT2D eigenvalue weighted by atomic mass is 35.5. The number of benzene rings is 2. The molecule has 0 amide bonds. The molecule has 4 nitrogen and oxygen atoms in total. The van der Waals surface area contributed by atoms with Gasteiger partial charge in [-0.25, -0.2) is 0 Å². The quantitative estimate of drug-likeness (QED) is 0.718. The highest BCUT2D eigenvalue weighted by molar-refractivity contribution is 6.32. The SMILES string of the molecule is COc1cccc(OC)c1OCCOc1ccc(C)cc1Cl. The third-order valence-electron chi connectivity index (χ3n) is 3.06. The maximum absolute atomic E-state index is 6.11. The molecule has 2 rings (SSSR count). The minimum Gasteiger partial charge on any atom is -0.493 e. The van der Waals surface area contributed by atoms with E-state index in [2.05, 4.69) is 0 Å². The summed E-state index contributed by atoms with van der Waals surface area (Å²) in [5, 5.41) is 0.592. The molecule has 0 radical (unpaired) electrons. The Bertz CT molecular complexity index is 606. The zero-order valence-electron chi connectivity index (χ0n) is 12.9. The van der Waals surface area contributed by atoms with Crippen molar-refractivity contribution in [2.24, 2.45) is 0 Å². The van der Waals surface area contributed by atoms with Gasteiger partial charge in [-0.2, -0.15) is 0 Å². The van der Waals surface area contributed by atoms with Crippen molar-refractivity contribution in [3.05, 3.63) is 47.0 Å². The number of rotatable bonds is 7. The van der Waals surface area contributed by atoms with Crippen molar-refractivity contribution in [3.63, 3.8) is 0 Å². The number of aryl methyl sites for hydroxylation is 1. The van der Waals surface area contributed by atoms with E-state index in [0.717, 1.165) is 5.56 Å². The van der Waals surface area contributed by atoms with E-state index < -0.39 is 0 Å². The second kappa shape index (κ2) is 7.80. The summed E-state index contributed by atoms with van der Waals surface area (Å²) in [6, 6.07) is 11.1. The summed E-state index contributed by atoms with van der Waals surface area (Å²) in [4.78, 5) is 0. The van der Waals surface area contributed by atoms with Crippen LogP contribution in [0.4, 0.5) is 0 Å². The molecule has 0 bridgehead atoms. The van der Waals surface area contributed by atoms with Crippen molar-refractivity contribution < 1.29 is 18.9 Å². The van der Waals surface area contributed by atoms with Crippen molar-refractivity contribution in [3.8, 4) is 23.0 Å². The molecule has 2 aromatic rings. The lowest BCUT2D eigenvalue weighted by atomic mass is 10.2. The predicted octanol–water partition coefficient (Wildman–Crippen LogP) is 4.12. The van der Waals surface area contributed by atoms with Crippen LogP contribution in [-0.4, -0.2) is 27.4 Å². The first kappa shape index (κ1) is 16.3. The van der Waals surface area contributed by atoms with Crippen LogP contribution in [0.1, 0.15) is 5.56 Å². The van der Waals surface area contributed by atoms with E-state index in [-0.39, 0.29) is 0 Å². The van der Waals surface area contributed by atoms with E-state index in [1.165, 1.54) is 0 Å². The lowest BCUT2D eigenvalue weighted by Crippen LogP contribution is -2.10. The summed E-state index contributed by atoms with van der Waals surface area (Å²) < 4.78 is 21.9. The van der Waals surface area contributed by atoms with Gasteiger partial charge in [0.25, 0.3) is 0 Å². The average Bonchev–Trinajstić information content (AvgIpc) is 2.53. The van der Waals surface area contributed by atoms with Gasteiger partial charge in [0, 0.05) is 0 Å². The minimum absolute atomic E-state index is 0.348. The lowest BCUT2D eigenvalue weighted by Gasteiger charge is -2.14. The third kappa shape index (κ3) is 3.98. The fourth-order valence-corrected chi connectivity index (χ4v) is 2.27. The second-order valence-corrected chi connectivity index (χ2v) is 5.03. The Morgan fingerprint density at radius 1 is 0.864 bits per heavy atom. The molecule has 2 aromatic carbocycles. The Morgan fingerprint density at radius 2 is 1.50 bits per heavy atom. The van der Waals surface area contributed by atoms with E-state index in [1.54, 1.807) is 14.2 Å². The first-order valence-electron chi connectivity index (χ1n) is 6.88. The van der Waals surface area contributed by atoms with Gasteiger partial charge in [-0.05, 0) is 36.8 Å². The van der Waals surface area contributed by atoms with Crippen molar-refractivity contribution >= 4 is 11.6 Å². The number of para-hydroxylation sites is 1. The first-order chi connectivity index (χ1) is 10.7. The van der Waals surface area contributed by atoms with Crippen molar-refractivity contribution in [2.75, 3.05) is 27.4 Å². The smallest absolute Gasteiger partial charge is 0.203 e. The van der Waals surface area contributed by atoms with Gasteiger partial charge < -0.3 is 18.9 Å². The summed E-state index contributed by atoms with van der Waals surface area (Å²) in [6.45, 7) is 2.69. The molecule has 0 aliphatic heterocycles. The van der Waals surface area contributed by atoms with Gasteiger partial charge in [-0.3, -0.25) is 0 Å². The zero-order valence-corrected chi connectivity index (χ0v) is 13.6. The third-order valence-corrected chi connectivity index (χ3v) is 3.35. The average molecular weight is 323 g/mol. The monoisotopic (exact) mass is 322 g/mol. The number of halogens is 1. The molecular formula is C17H19ClO4. The summed E-state index contributed by atoms with van der Waals surface area (Å²) in [5.41, 5.74) is 1.09. The Morgan fingerprint density at radius 3 is 2.09 bits per heavy atom. The molecule has 0 saturated carbocycles. The van der Waals surface area contributed by atoms with Crippen LogP contribution in [0.2, 0.25) is 5.02 Å². The van der Waals surface area contributed by atoms with E-state index in [1.807, 2.05) is 43.3 Å². The fourth-order valence-electron chi connectivity index (χ4n) is 1.98. The highest BCUT2D eigenvalue weighted by Gasteiger charge is 2.11. The summed E-state index contributed by atoms with van der Waals surface area (Å²) in [7, 11) is 3.18. The Hall–Kier alpha value is -2.07. The molecular weight excluding hydrogens is 304 g/mol. The number of hydrogen-bond donors (Lipinski definition) is 0. The van der Waals surface area contributed by atoms with Crippen molar-refractivity contribution in [2.45, 2.75) is 6.92 Å². The van der Waals surface area contributed by atoms with E-state index in [0.29, 0.717) is 41.2 Å². The number of hydrogen-bond acceptors (Lipinski definition) is 4. The van der Waals surface area contributed by atoms with Crippen LogP contribution in [0.5, 0.6) is 23.0 Å². The predicted molar refractivity (Wildman–Crippen MR) is 86.7 cm³/mol. The molecule has 0 heterocycles. The van der Waals surface area contributed by atoms with Gasteiger partial charge in [-0.1, -0.05) is 23.7 Å². The van der Waals surface area contributed by atoms with E-state index in [4.69, 9.17) is 30.5 Å². The molecule has 118 valence electrons. The molecule has 0 spiro atoms. The van der Waals surface area contributed by atoms with Gasteiger partial charge in [0.1, 0.15) is 19.0 Å². The van der Waals surface area contributed by atoms with Crippen molar-refractivity contribution in [1.29, 1.82) is 0 Å². The topological polar surface area (TPSA) is 36.9 Å². The van der Waals surface area contributed by atoms with Gasteiger partial charge in [0.05, 0.1) is 19.2 Å². The molecule has 22 heavy (non-hydrogen) atoms. The maximum atomic E-state index is 6.11. The molecule has 0 fully saturated rings. The zero-order chi connectivity index (χ0) is 15.9. The Balaban J connectivity index is 1.94. The molecule has 0 aliphatic carbocycles. The molecule has 0 aromatic heterocycles. The van der Waals surface area contributed by atoms with Crippen LogP contribution in [0.15, 0.2) is 36.4 Å². The molecule has 5 heteroatoms. The van der Waals surface area contributed by atoms with Crippen LogP contribution in [0.3, 0.4) is 0 Å². The minimum atomic E-state index is 0.348. The largest absolute Gasteiger partial charge is 0.493 e. The normalized spacial score (nSPS) is 10.2. The first-order valence-corrected chi connectivity index (χ1v) is 7.26. The Kier molecular flexibility index (Phi) is 5.78. The van der Waals surface area contributed by atoms with Gasteiger partial charge in [0.15, 0.2) is 11.5 Å². The summed E-state index contributed by atoms with van der Waals surface area (Å²) >= 11 is 6.11. The number of ether oxygens (including phenoxy) is 4. The standard InChI is InChI=1S/C17H19ClO4/c1-12-7-8-14(13(18)11-12)21-9-10-22-17-15(19-2)5-4-6-16(17)20-3/h4-8,11H,9-10H2,1-3H3. The second-order valence-electron chi connectivity index (χ2n) is 4.62. The van der Waals surface area contributed by atoms with Gasteiger partial charge >= 0.3 is 0 Å². The van der Waals surface area contributed by atoms with Gasteiger partial charge in [-0.15, -0.1) is 0 Å². The fraction of sp³-hybridized carbons (Fsp3) is 0.294. The van der Waals surface area contributed by atoms with E-state index in [9.17, 15) is 0 Å². The van der Waals surface area contributed by atoms with Crippen LogP contribution in [0, 0.1) is 6.92 Å². The number of methoxy groups -OCH3 is 2. The molecule has 0 aliphatic rings. The maximum Gasteiger partial charge on any atom is 0.203 e. The van der Waals surface area contributed by atoms with E-state index >= 15 is 0 Å². The van der Waals surface area contributed by atoms with Crippen molar-refractivity contribution in [1.82, 2.24) is 0 Å². The van der Waals surface area contributed by atoms with Crippen LogP contribution < -0.4 is 18.9 Å². The summed E-state index contributed by atoms with van der Waals surface area (Å²) in [5.74, 6) is 2.44. The van der Waals surface area contributed by atoms with Crippen LogP contribution in [0.25, 0.3) is 0 Å². The highest BCUT2D eigenvalue weighted by Crippen LogP contribution is 2.36.